The maximum Gasteiger partial charge on any atom is 0.228 e. The van der Waals surface area contributed by atoms with Gasteiger partial charge in [0.2, 0.25) is 11.9 Å². The van der Waals surface area contributed by atoms with Crippen LogP contribution in [-0.2, 0) is 22.6 Å². The number of ketones is 1. The molecule has 2 aromatic heterocycles. The summed E-state index contributed by atoms with van der Waals surface area (Å²) in [7, 11) is 0. The summed E-state index contributed by atoms with van der Waals surface area (Å²) in [5.74, 6) is 1.12. The molecule has 1 N–H and O–H groups in total. The van der Waals surface area contributed by atoms with E-state index in [2.05, 4.69) is 20.4 Å². The Hall–Kier alpha value is -1.91. The van der Waals surface area contributed by atoms with Crippen molar-refractivity contribution in [2.45, 2.75) is 32.1 Å². The molecule has 0 radical (unpaired) electrons. The van der Waals surface area contributed by atoms with Crippen LogP contribution in [0.2, 0.25) is 0 Å². The molecule has 1 fully saturated rings. The predicted molar refractivity (Wildman–Crippen MR) is 106 cm³/mol. The molecule has 1 saturated heterocycles. The summed E-state index contributed by atoms with van der Waals surface area (Å²) in [6.07, 6.45) is 0. The first-order chi connectivity index (χ1) is 13.1. The van der Waals surface area contributed by atoms with Gasteiger partial charge >= 0.3 is 0 Å². The smallest absolute Gasteiger partial charge is 0.228 e. The molecule has 0 atom stereocenters. The second kappa shape index (κ2) is 9.34. The van der Waals surface area contributed by atoms with E-state index in [0.29, 0.717) is 30.4 Å². The number of amides is 1. The molecule has 0 aromatic carbocycles. The van der Waals surface area contributed by atoms with Gasteiger partial charge in [0.1, 0.15) is 0 Å². The number of carbonyl (C=O) groups is 2. The van der Waals surface area contributed by atoms with Crippen LogP contribution < -0.4 is 10.2 Å². The molecule has 10 heteroatoms. The Morgan fingerprint density at radius 1 is 1.30 bits per heavy atom. The molecule has 3 rings (SSSR count). The maximum absolute atomic E-state index is 12.5. The van der Waals surface area contributed by atoms with Crippen LogP contribution in [0.25, 0.3) is 0 Å². The van der Waals surface area contributed by atoms with Crippen molar-refractivity contribution in [3.8, 4) is 0 Å². The second-order valence-electron chi connectivity index (χ2n) is 6.01. The fraction of sp³-hybridized carbons (Fsp3) is 0.529. The number of morpholine rings is 1. The van der Waals surface area contributed by atoms with E-state index in [0.717, 1.165) is 35.6 Å². The van der Waals surface area contributed by atoms with Gasteiger partial charge in [-0.15, -0.1) is 21.5 Å². The number of anilines is 1. The summed E-state index contributed by atoms with van der Waals surface area (Å²) in [4.78, 5) is 27.3. The Morgan fingerprint density at radius 2 is 2.07 bits per heavy atom. The lowest BCUT2D eigenvalue weighted by atomic mass is 10.3. The fourth-order valence-electron chi connectivity index (χ4n) is 2.70. The largest absolute Gasteiger partial charge is 0.378 e. The molecule has 1 amide bonds. The summed E-state index contributed by atoms with van der Waals surface area (Å²) in [6.45, 7) is 7.71. The number of nitrogens with one attached hydrogen (secondary N) is 1. The summed E-state index contributed by atoms with van der Waals surface area (Å²) < 4.78 is 7.43. The highest BCUT2D eigenvalue weighted by Gasteiger charge is 2.20. The SMILES string of the molecule is CCn1c(SCC(=O)c2ccc(CNC(C)=O)s2)nnc1N1CCOCC1. The third kappa shape index (κ3) is 5.08. The summed E-state index contributed by atoms with van der Waals surface area (Å²) in [5, 5.41) is 12.1. The normalized spacial score (nSPS) is 14.4. The number of thioether (sulfide) groups is 1. The van der Waals surface area contributed by atoms with Crippen LogP contribution >= 0.6 is 23.1 Å². The van der Waals surface area contributed by atoms with E-state index in [1.807, 2.05) is 23.6 Å². The molecule has 0 bridgehead atoms. The number of rotatable bonds is 8. The Morgan fingerprint density at radius 3 is 2.78 bits per heavy atom. The van der Waals surface area contributed by atoms with Crippen molar-refractivity contribution in [1.82, 2.24) is 20.1 Å². The predicted octanol–water partition coefficient (Wildman–Crippen LogP) is 1.81. The zero-order valence-electron chi connectivity index (χ0n) is 15.4. The topological polar surface area (TPSA) is 89.3 Å². The molecule has 0 saturated carbocycles. The first kappa shape index (κ1) is 19.8. The average molecular weight is 410 g/mol. The number of Topliss-reactive ketones (excluding diaryl/α,β-unsaturated/α-hetero) is 1. The minimum atomic E-state index is -0.0817. The van der Waals surface area contributed by atoms with Crippen molar-refractivity contribution in [2.75, 3.05) is 37.0 Å². The van der Waals surface area contributed by atoms with Gasteiger partial charge in [0.05, 0.1) is 30.4 Å². The lowest BCUT2D eigenvalue weighted by molar-refractivity contribution is -0.119. The van der Waals surface area contributed by atoms with E-state index >= 15 is 0 Å². The number of hydrogen-bond donors (Lipinski definition) is 1. The van der Waals surface area contributed by atoms with Gasteiger partial charge in [-0.1, -0.05) is 11.8 Å². The van der Waals surface area contributed by atoms with Gasteiger partial charge < -0.3 is 15.0 Å². The Labute approximate surface area is 166 Å². The van der Waals surface area contributed by atoms with Crippen LogP contribution in [-0.4, -0.2) is 58.5 Å². The minimum absolute atomic E-state index is 0.0534. The molecule has 1 aliphatic heterocycles. The van der Waals surface area contributed by atoms with Crippen molar-refractivity contribution >= 4 is 40.7 Å². The third-order valence-electron chi connectivity index (χ3n) is 4.09. The van der Waals surface area contributed by atoms with E-state index < -0.39 is 0 Å². The molecule has 0 spiro atoms. The first-order valence-corrected chi connectivity index (χ1v) is 10.6. The zero-order valence-corrected chi connectivity index (χ0v) is 17.1. The summed E-state index contributed by atoms with van der Waals surface area (Å²) in [6, 6.07) is 3.69. The Kier molecular flexibility index (Phi) is 6.86. The monoisotopic (exact) mass is 409 g/mol. The number of carbonyl (C=O) groups excluding carboxylic acids is 2. The van der Waals surface area contributed by atoms with Gasteiger partial charge in [-0.2, -0.15) is 0 Å². The molecule has 2 aromatic rings. The number of thiophene rings is 1. The van der Waals surface area contributed by atoms with E-state index in [-0.39, 0.29) is 11.7 Å². The zero-order chi connectivity index (χ0) is 19.2. The highest BCUT2D eigenvalue weighted by molar-refractivity contribution is 7.99. The van der Waals surface area contributed by atoms with Crippen molar-refractivity contribution in [1.29, 1.82) is 0 Å². The molecular formula is C17H23N5O3S2. The molecule has 8 nitrogen and oxygen atoms in total. The highest BCUT2D eigenvalue weighted by Crippen LogP contribution is 2.25. The lowest BCUT2D eigenvalue weighted by Gasteiger charge is -2.27. The number of nitrogens with zero attached hydrogens (tertiary/aromatic N) is 4. The molecule has 27 heavy (non-hydrogen) atoms. The number of aromatic nitrogens is 3. The van der Waals surface area contributed by atoms with Crippen LogP contribution in [0.1, 0.15) is 28.4 Å². The van der Waals surface area contributed by atoms with E-state index in [1.165, 1.54) is 30.0 Å². The third-order valence-corrected chi connectivity index (χ3v) is 6.18. The molecule has 0 unspecified atom stereocenters. The fourth-order valence-corrected chi connectivity index (χ4v) is 4.55. The number of hydrogen-bond acceptors (Lipinski definition) is 8. The first-order valence-electron chi connectivity index (χ1n) is 8.83. The molecule has 146 valence electrons. The quantitative estimate of drug-likeness (QED) is 0.525. The number of ether oxygens (including phenoxy) is 1. The van der Waals surface area contributed by atoms with Gasteiger partial charge in [0, 0.05) is 31.4 Å². The second-order valence-corrected chi connectivity index (χ2v) is 8.12. The van der Waals surface area contributed by atoms with E-state index in [1.54, 1.807) is 0 Å². The van der Waals surface area contributed by atoms with Crippen LogP contribution in [0.5, 0.6) is 0 Å². The van der Waals surface area contributed by atoms with Crippen molar-refractivity contribution in [3.05, 3.63) is 21.9 Å². The molecule has 0 aliphatic carbocycles. The molecule has 3 heterocycles. The van der Waals surface area contributed by atoms with Crippen LogP contribution in [0.15, 0.2) is 17.3 Å². The lowest BCUT2D eigenvalue weighted by Crippen LogP contribution is -2.38. The van der Waals surface area contributed by atoms with Crippen LogP contribution in [0.4, 0.5) is 5.95 Å². The van der Waals surface area contributed by atoms with Crippen LogP contribution in [0.3, 0.4) is 0 Å². The Balaban J connectivity index is 1.60. The maximum atomic E-state index is 12.5. The minimum Gasteiger partial charge on any atom is -0.378 e. The Bertz CT molecular complexity index is 798. The van der Waals surface area contributed by atoms with Gasteiger partial charge in [0.25, 0.3) is 0 Å². The van der Waals surface area contributed by atoms with E-state index in [9.17, 15) is 9.59 Å². The molecular weight excluding hydrogens is 386 g/mol. The molecule has 1 aliphatic rings. The van der Waals surface area contributed by atoms with Crippen molar-refractivity contribution in [3.63, 3.8) is 0 Å². The van der Waals surface area contributed by atoms with Crippen molar-refractivity contribution in [2.24, 2.45) is 0 Å². The average Bonchev–Trinajstić information content (AvgIpc) is 3.32. The van der Waals surface area contributed by atoms with Crippen LogP contribution in [0, 0.1) is 0 Å². The van der Waals surface area contributed by atoms with E-state index in [4.69, 9.17) is 4.74 Å². The van der Waals surface area contributed by atoms with Crippen molar-refractivity contribution < 1.29 is 14.3 Å². The van der Waals surface area contributed by atoms with Gasteiger partial charge in [0.15, 0.2) is 10.9 Å². The van der Waals surface area contributed by atoms with Gasteiger partial charge in [-0.25, -0.2) is 0 Å². The standard InChI is InChI=1S/C17H23N5O3S2/c1-3-22-16(21-6-8-25-9-7-21)19-20-17(22)26-11-14(24)15-5-4-13(27-15)10-18-12(2)23/h4-5H,3,6-11H2,1-2H3,(H,18,23). The summed E-state index contributed by atoms with van der Waals surface area (Å²) in [5.41, 5.74) is 0. The highest BCUT2D eigenvalue weighted by atomic mass is 32.2. The van der Waals surface area contributed by atoms with Gasteiger partial charge in [-0.3, -0.25) is 14.2 Å². The summed E-state index contributed by atoms with van der Waals surface area (Å²) >= 11 is 2.82. The van der Waals surface area contributed by atoms with Gasteiger partial charge in [-0.05, 0) is 19.1 Å².